The van der Waals surface area contributed by atoms with Crippen LogP contribution in [0, 0.1) is 6.92 Å². The molecule has 1 atom stereocenters. The van der Waals surface area contributed by atoms with E-state index in [2.05, 4.69) is 67.7 Å². The molecule has 3 aromatic rings. The molecule has 1 aromatic heterocycles. The highest BCUT2D eigenvalue weighted by molar-refractivity contribution is 5.87. The van der Waals surface area contributed by atoms with Gasteiger partial charge in [0.15, 0.2) is 0 Å². The molecule has 5 nitrogen and oxygen atoms in total. The lowest BCUT2D eigenvalue weighted by Crippen LogP contribution is -2.19. The van der Waals surface area contributed by atoms with Crippen LogP contribution in [-0.4, -0.2) is 15.5 Å². The lowest BCUT2D eigenvalue weighted by molar-refractivity contribution is -0.120. The van der Waals surface area contributed by atoms with Gasteiger partial charge in [-0.15, -0.1) is 0 Å². The number of carbonyl (C=O) groups is 1. The van der Waals surface area contributed by atoms with Crippen LogP contribution in [0.15, 0.2) is 73.8 Å². The number of nitrogens with zero attached hydrogens (tertiary/aromatic N) is 2. The summed E-state index contributed by atoms with van der Waals surface area (Å²) in [4.78, 5) is 16.0. The molecule has 2 heterocycles. The van der Waals surface area contributed by atoms with Gasteiger partial charge in [0.2, 0.25) is 0 Å². The van der Waals surface area contributed by atoms with Gasteiger partial charge in [-0.05, 0) is 42.0 Å². The van der Waals surface area contributed by atoms with Crippen molar-refractivity contribution in [2.24, 2.45) is 7.05 Å². The molecule has 0 spiro atoms. The first-order chi connectivity index (χ1) is 16.3. The van der Waals surface area contributed by atoms with E-state index in [-0.39, 0.29) is 11.9 Å². The van der Waals surface area contributed by atoms with Crippen molar-refractivity contribution < 1.29 is 4.79 Å². The molecule has 1 amide bonds. The monoisotopic (exact) mass is 458 g/mol. The van der Waals surface area contributed by atoms with E-state index in [0.29, 0.717) is 5.82 Å². The zero-order chi connectivity index (χ0) is 25.3. The number of hydrogen-bond acceptors (Lipinski definition) is 3. The Hall–Kier alpha value is -3.60. The summed E-state index contributed by atoms with van der Waals surface area (Å²) in [5, 5.41) is 5.67. The van der Waals surface area contributed by atoms with Gasteiger partial charge < -0.3 is 15.2 Å². The lowest BCUT2D eigenvalue weighted by atomic mass is 9.96. The Morgan fingerprint density at radius 3 is 2.29 bits per heavy atom. The minimum atomic E-state index is -0.358. The molecular weight excluding hydrogens is 420 g/mol. The summed E-state index contributed by atoms with van der Waals surface area (Å²) in [6, 6.07) is 14.1. The van der Waals surface area contributed by atoms with Gasteiger partial charge in [-0.25, -0.2) is 4.98 Å². The molecule has 1 fully saturated rings. The zero-order valence-corrected chi connectivity index (χ0v) is 21.4. The third-order valence-electron chi connectivity index (χ3n) is 5.63. The molecule has 1 saturated heterocycles. The Morgan fingerprint density at radius 1 is 1.12 bits per heavy atom. The van der Waals surface area contributed by atoms with Crippen molar-refractivity contribution in [3.8, 4) is 11.4 Å². The van der Waals surface area contributed by atoms with Crippen LogP contribution in [0.4, 0.5) is 0 Å². The van der Waals surface area contributed by atoms with Crippen LogP contribution in [0.1, 0.15) is 62.4 Å². The molecule has 180 valence electrons. The normalized spacial score (nSPS) is 14.2. The molecule has 2 N–H and O–H groups in total. The summed E-state index contributed by atoms with van der Waals surface area (Å²) in [5.41, 5.74) is 7.27. The fraction of sp³-hybridized carbons (Fsp3) is 0.310. The summed E-state index contributed by atoms with van der Waals surface area (Å²) in [7, 11) is 1.95. The van der Waals surface area contributed by atoms with Gasteiger partial charge >= 0.3 is 0 Å². The maximum atomic E-state index is 11.7. The van der Waals surface area contributed by atoms with Gasteiger partial charge in [-0.2, -0.15) is 0 Å². The minimum absolute atomic E-state index is 0.0743. The molecule has 4 rings (SSSR count). The van der Waals surface area contributed by atoms with Crippen LogP contribution in [0.25, 0.3) is 17.0 Å². The highest BCUT2D eigenvalue weighted by atomic mass is 16.2. The largest absolute Gasteiger partial charge is 0.357 e. The summed E-state index contributed by atoms with van der Waals surface area (Å²) >= 11 is 0. The average molecular weight is 459 g/mol. The Kier molecular flexibility index (Phi) is 9.87. The SMILES string of the molecule is C=C(CC)c1cc(C)ccc1CC.C=C1NC(=O)C(c2ccc(-c3nccn3C)cc2)N1.CC. The number of benzene rings is 2. The number of aryl methyl sites for hydroxylation is 3. The van der Waals surface area contributed by atoms with Gasteiger partial charge in [-0.3, -0.25) is 4.79 Å². The van der Waals surface area contributed by atoms with E-state index < -0.39 is 0 Å². The van der Waals surface area contributed by atoms with Crippen LogP contribution in [0.2, 0.25) is 0 Å². The van der Waals surface area contributed by atoms with E-state index in [0.717, 1.165) is 29.8 Å². The summed E-state index contributed by atoms with van der Waals surface area (Å²) < 4.78 is 1.96. The number of rotatable bonds is 5. The van der Waals surface area contributed by atoms with E-state index in [9.17, 15) is 4.79 Å². The molecular formula is C29H38N4O. The van der Waals surface area contributed by atoms with Crippen molar-refractivity contribution in [2.45, 2.75) is 53.5 Å². The van der Waals surface area contributed by atoms with Crippen molar-refractivity contribution in [3.63, 3.8) is 0 Å². The number of hydrogen-bond donors (Lipinski definition) is 2. The molecule has 0 radical (unpaired) electrons. The summed E-state index contributed by atoms with van der Waals surface area (Å²) in [6.45, 7) is 18.3. The van der Waals surface area contributed by atoms with E-state index in [1.807, 2.05) is 55.9 Å². The topological polar surface area (TPSA) is 59.0 Å². The molecule has 1 aliphatic rings. The first-order valence-corrected chi connectivity index (χ1v) is 12.0. The summed E-state index contributed by atoms with van der Waals surface area (Å²) in [5.74, 6) is 1.37. The molecule has 34 heavy (non-hydrogen) atoms. The Labute approximate surface area is 204 Å². The zero-order valence-electron chi connectivity index (χ0n) is 21.4. The van der Waals surface area contributed by atoms with Crippen molar-refractivity contribution in [3.05, 3.63) is 96.1 Å². The van der Waals surface area contributed by atoms with E-state index >= 15 is 0 Å². The van der Waals surface area contributed by atoms with Crippen LogP contribution in [-0.2, 0) is 18.3 Å². The third-order valence-corrected chi connectivity index (χ3v) is 5.63. The molecule has 1 aliphatic heterocycles. The van der Waals surface area contributed by atoms with Crippen LogP contribution < -0.4 is 10.6 Å². The maximum Gasteiger partial charge on any atom is 0.252 e. The van der Waals surface area contributed by atoms with E-state index in [1.54, 1.807) is 6.20 Å². The number of carbonyl (C=O) groups excluding carboxylic acids is 1. The quantitative estimate of drug-likeness (QED) is 0.470. The number of amides is 1. The lowest BCUT2D eigenvalue weighted by Gasteiger charge is -2.10. The van der Waals surface area contributed by atoms with Crippen LogP contribution in [0.3, 0.4) is 0 Å². The number of imidazole rings is 1. The second kappa shape index (κ2) is 12.6. The van der Waals surface area contributed by atoms with Gasteiger partial charge in [0.05, 0.1) is 5.82 Å². The van der Waals surface area contributed by atoms with Crippen LogP contribution >= 0.6 is 0 Å². The fourth-order valence-corrected chi connectivity index (χ4v) is 3.72. The second-order valence-corrected chi connectivity index (χ2v) is 8.00. The maximum absolute atomic E-state index is 11.7. The molecule has 0 aliphatic carbocycles. The highest BCUT2D eigenvalue weighted by Crippen LogP contribution is 2.23. The van der Waals surface area contributed by atoms with E-state index in [1.165, 1.54) is 22.3 Å². The Morgan fingerprint density at radius 2 is 1.79 bits per heavy atom. The first kappa shape index (κ1) is 26.7. The van der Waals surface area contributed by atoms with Gasteiger partial charge in [-0.1, -0.05) is 88.9 Å². The summed E-state index contributed by atoms with van der Waals surface area (Å²) in [6.07, 6.45) is 5.80. The molecule has 0 bridgehead atoms. The number of nitrogens with one attached hydrogen (secondary N) is 2. The standard InChI is InChI=1S/C14H14N4O.C13H18.C2H6/c1-9-16-12(14(19)17-9)10-3-5-11(6-4-10)13-15-7-8-18(13)2;1-5-11(4)13-9-10(3)7-8-12(13)6-2;1-2/h3-8,12,16H,1H2,2H3,(H,17,19);7-9H,4-6H2,1-3H3;1-2H3. The third kappa shape index (κ3) is 6.47. The molecule has 5 heteroatoms. The van der Waals surface area contributed by atoms with Crippen molar-refractivity contribution >= 4 is 11.5 Å². The molecule has 2 aromatic carbocycles. The van der Waals surface area contributed by atoms with Gasteiger partial charge in [0.1, 0.15) is 11.9 Å². The predicted octanol–water partition coefficient (Wildman–Crippen LogP) is 6.33. The fourth-order valence-electron chi connectivity index (χ4n) is 3.72. The van der Waals surface area contributed by atoms with Crippen molar-refractivity contribution in [1.29, 1.82) is 0 Å². The Bertz CT molecular complexity index is 1130. The molecule has 0 saturated carbocycles. The minimum Gasteiger partial charge on any atom is -0.357 e. The second-order valence-electron chi connectivity index (χ2n) is 8.00. The Balaban J connectivity index is 0.000000239. The molecule has 1 unspecified atom stereocenters. The highest BCUT2D eigenvalue weighted by Gasteiger charge is 2.27. The van der Waals surface area contributed by atoms with E-state index in [4.69, 9.17) is 0 Å². The smallest absolute Gasteiger partial charge is 0.252 e. The average Bonchev–Trinajstić information content (AvgIpc) is 3.44. The van der Waals surface area contributed by atoms with Gasteiger partial charge in [0, 0.05) is 25.0 Å². The number of allylic oxidation sites excluding steroid dienone is 1. The van der Waals surface area contributed by atoms with Crippen LogP contribution in [0.5, 0.6) is 0 Å². The number of aromatic nitrogens is 2. The predicted molar refractivity (Wildman–Crippen MR) is 143 cm³/mol. The van der Waals surface area contributed by atoms with Crippen molar-refractivity contribution in [2.75, 3.05) is 0 Å². The van der Waals surface area contributed by atoms with Crippen molar-refractivity contribution in [1.82, 2.24) is 20.2 Å². The first-order valence-electron chi connectivity index (χ1n) is 12.0. The van der Waals surface area contributed by atoms with Gasteiger partial charge in [0.25, 0.3) is 5.91 Å².